The molecule has 0 amide bonds. The van der Waals surface area contributed by atoms with Gasteiger partial charge in [-0.05, 0) is 36.3 Å². The van der Waals surface area contributed by atoms with Gasteiger partial charge in [0.2, 0.25) is 0 Å². The van der Waals surface area contributed by atoms with Gasteiger partial charge in [-0.15, -0.1) is 0 Å². The number of fused-ring (bicyclic) bond motifs is 1. The number of ether oxygens (including phenoxy) is 1. The molecule has 3 rings (SSSR count). The molecule has 2 aliphatic rings. The third-order valence-corrected chi connectivity index (χ3v) is 5.44. The predicted molar refractivity (Wildman–Crippen MR) is 82.8 cm³/mol. The normalized spacial score (nSPS) is 31.2. The predicted octanol–water partition coefficient (Wildman–Crippen LogP) is 3.78. The summed E-state index contributed by atoms with van der Waals surface area (Å²) in [7, 11) is 0. The average Bonchev–Trinajstić information content (AvgIpc) is 2.53. The van der Waals surface area contributed by atoms with Crippen LogP contribution in [0.4, 0.5) is 0 Å². The molecular formula is C18H27NO. The van der Waals surface area contributed by atoms with Crippen molar-refractivity contribution in [2.75, 3.05) is 6.61 Å². The van der Waals surface area contributed by atoms with Crippen molar-refractivity contribution < 1.29 is 4.74 Å². The van der Waals surface area contributed by atoms with Gasteiger partial charge in [0.1, 0.15) is 5.75 Å². The second-order valence-electron chi connectivity index (χ2n) is 6.58. The smallest absolute Gasteiger partial charge is 0.122 e. The van der Waals surface area contributed by atoms with Crippen LogP contribution >= 0.6 is 0 Å². The molecule has 4 atom stereocenters. The van der Waals surface area contributed by atoms with E-state index in [-0.39, 0.29) is 0 Å². The minimum Gasteiger partial charge on any atom is -0.493 e. The molecule has 1 saturated carbocycles. The molecule has 1 aromatic carbocycles. The molecule has 1 aliphatic heterocycles. The van der Waals surface area contributed by atoms with Gasteiger partial charge in [-0.2, -0.15) is 0 Å². The molecule has 0 radical (unpaired) electrons. The van der Waals surface area contributed by atoms with Crippen LogP contribution in [0.15, 0.2) is 24.3 Å². The molecule has 0 spiro atoms. The molecule has 0 bridgehead atoms. The van der Waals surface area contributed by atoms with Gasteiger partial charge >= 0.3 is 0 Å². The topological polar surface area (TPSA) is 35.2 Å². The van der Waals surface area contributed by atoms with E-state index in [1.54, 1.807) is 0 Å². The van der Waals surface area contributed by atoms with Crippen molar-refractivity contribution in [3.8, 4) is 5.75 Å². The third kappa shape index (κ3) is 2.71. The number of hydrogen-bond acceptors (Lipinski definition) is 2. The number of benzene rings is 1. The molecule has 1 fully saturated rings. The number of hydrogen-bond donors (Lipinski definition) is 1. The fraction of sp³-hybridized carbons (Fsp3) is 0.667. The number of para-hydroxylation sites is 1. The largest absolute Gasteiger partial charge is 0.493 e. The minimum atomic E-state index is 0.300. The van der Waals surface area contributed by atoms with Crippen LogP contribution in [0.1, 0.15) is 44.6 Å². The van der Waals surface area contributed by atoms with Crippen molar-refractivity contribution in [3.05, 3.63) is 29.8 Å². The van der Waals surface area contributed by atoms with E-state index in [9.17, 15) is 0 Å². The van der Waals surface area contributed by atoms with E-state index in [0.29, 0.717) is 17.9 Å². The summed E-state index contributed by atoms with van der Waals surface area (Å²) in [5, 5.41) is 0. The lowest BCUT2D eigenvalue weighted by atomic mass is 9.70. The first-order valence-corrected chi connectivity index (χ1v) is 8.26. The van der Waals surface area contributed by atoms with Crippen LogP contribution in [-0.4, -0.2) is 12.6 Å². The Morgan fingerprint density at radius 2 is 2.05 bits per heavy atom. The van der Waals surface area contributed by atoms with Crippen LogP contribution < -0.4 is 10.5 Å². The maximum absolute atomic E-state index is 6.67. The average molecular weight is 273 g/mol. The quantitative estimate of drug-likeness (QED) is 0.909. The van der Waals surface area contributed by atoms with E-state index in [4.69, 9.17) is 10.5 Å². The molecule has 2 nitrogen and oxygen atoms in total. The molecule has 1 heterocycles. The summed E-state index contributed by atoms with van der Waals surface area (Å²) in [5.41, 5.74) is 8.00. The maximum Gasteiger partial charge on any atom is 0.122 e. The van der Waals surface area contributed by atoms with Crippen molar-refractivity contribution in [1.82, 2.24) is 0 Å². The van der Waals surface area contributed by atoms with Crippen molar-refractivity contribution in [1.29, 1.82) is 0 Å². The molecule has 0 saturated heterocycles. The van der Waals surface area contributed by atoms with E-state index in [2.05, 4.69) is 25.1 Å². The molecule has 20 heavy (non-hydrogen) atoms. The van der Waals surface area contributed by atoms with Gasteiger partial charge in [0.25, 0.3) is 0 Å². The molecule has 1 aromatic rings. The van der Waals surface area contributed by atoms with Gasteiger partial charge < -0.3 is 10.5 Å². The standard InChI is InChI=1S/C18H27NO/c1-2-13-7-3-5-9-16(13)18(19)15-11-14-8-4-6-10-17(14)20-12-15/h4,6,8,10,13,15-16,18H,2-3,5,7,9,11-12,19H2,1H3. The van der Waals surface area contributed by atoms with E-state index >= 15 is 0 Å². The highest BCUT2D eigenvalue weighted by molar-refractivity contribution is 5.35. The summed E-state index contributed by atoms with van der Waals surface area (Å²) in [4.78, 5) is 0. The first kappa shape index (κ1) is 13.9. The highest BCUT2D eigenvalue weighted by Crippen LogP contribution is 2.38. The monoisotopic (exact) mass is 273 g/mol. The van der Waals surface area contributed by atoms with Crippen LogP contribution in [0.2, 0.25) is 0 Å². The lowest BCUT2D eigenvalue weighted by Gasteiger charge is -2.40. The van der Waals surface area contributed by atoms with Gasteiger partial charge in [0.05, 0.1) is 6.61 Å². The van der Waals surface area contributed by atoms with E-state index in [1.165, 1.54) is 37.7 Å². The zero-order valence-electron chi connectivity index (χ0n) is 12.6. The van der Waals surface area contributed by atoms with Crippen LogP contribution in [-0.2, 0) is 6.42 Å². The Morgan fingerprint density at radius 3 is 2.90 bits per heavy atom. The fourth-order valence-corrected chi connectivity index (χ4v) is 4.20. The maximum atomic E-state index is 6.67. The second kappa shape index (κ2) is 6.17. The number of rotatable bonds is 3. The van der Waals surface area contributed by atoms with Gasteiger partial charge in [0.15, 0.2) is 0 Å². The zero-order chi connectivity index (χ0) is 13.9. The zero-order valence-corrected chi connectivity index (χ0v) is 12.6. The van der Waals surface area contributed by atoms with Crippen LogP contribution in [0.25, 0.3) is 0 Å². The summed E-state index contributed by atoms with van der Waals surface area (Å²) >= 11 is 0. The molecule has 1 aliphatic carbocycles. The van der Waals surface area contributed by atoms with Crippen molar-refractivity contribution in [3.63, 3.8) is 0 Å². The van der Waals surface area contributed by atoms with Crippen LogP contribution in [0, 0.1) is 17.8 Å². The van der Waals surface area contributed by atoms with Crippen LogP contribution in [0.3, 0.4) is 0 Å². The second-order valence-corrected chi connectivity index (χ2v) is 6.58. The summed E-state index contributed by atoms with van der Waals surface area (Å²) in [6, 6.07) is 8.71. The Labute approximate surface area is 122 Å². The lowest BCUT2D eigenvalue weighted by Crippen LogP contribution is -2.46. The summed E-state index contributed by atoms with van der Waals surface area (Å²) in [6.07, 6.45) is 7.81. The highest BCUT2D eigenvalue weighted by atomic mass is 16.5. The van der Waals surface area contributed by atoms with Crippen molar-refractivity contribution in [2.45, 2.75) is 51.5 Å². The van der Waals surface area contributed by atoms with Crippen molar-refractivity contribution in [2.24, 2.45) is 23.5 Å². The molecule has 2 heteroatoms. The van der Waals surface area contributed by atoms with E-state index in [0.717, 1.165) is 24.7 Å². The SMILES string of the molecule is CCC1CCCCC1C(N)C1COc2ccccc2C1. The first-order valence-electron chi connectivity index (χ1n) is 8.26. The van der Waals surface area contributed by atoms with Gasteiger partial charge in [0, 0.05) is 12.0 Å². The molecule has 0 aromatic heterocycles. The van der Waals surface area contributed by atoms with Gasteiger partial charge in [-0.1, -0.05) is 50.8 Å². The fourth-order valence-electron chi connectivity index (χ4n) is 4.20. The van der Waals surface area contributed by atoms with E-state index < -0.39 is 0 Å². The van der Waals surface area contributed by atoms with E-state index in [1.807, 2.05) is 6.07 Å². The summed E-state index contributed by atoms with van der Waals surface area (Å²) < 4.78 is 5.94. The summed E-state index contributed by atoms with van der Waals surface area (Å²) in [5.74, 6) is 3.08. The van der Waals surface area contributed by atoms with Crippen molar-refractivity contribution >= 4 is 0 Å². The molecule has 2 N–H and O–H groups in total. The molecule has 110 valence electrons. The first-order chi connectivity index (χ1) is 9.79. The minimum absolute atomic E-state index is 0.300. The van der Waals surface area contributed by atoms with Gasteiger partial charge in [-0.3, -0.25) is 0 Å². The lowest BCUT2D eigenvalue weighted by molar-refractivity contribution is 0.119. The van der Waals surface area contributed by atoms with Crippen LogP contribution in [0.5, 0.6) is 5.75 Å². The van der Waals surface area contributed by atoms with Gasteiger partial charge in [-0.25, -0.2) is 0 Å². The Hall–Kier alpha value is -1.02. The Bertz CT molecular complexity index is 445. The summed E-state index contributed by atoms with van der Waals surface area (Å²) in [6.45, 7) is 3.12. The Balaban J connectivity index is 1.70. The number of nitrogens with two attached hydrogens (primary N) is 1. The molecular weight excluding hydrogens is 246 g/mol. The third-order valence-electron chi connectivity index (χ3n) is 5.44. The Morgan fingerprint density at radius 1 is 1.25 bits per heavy atom. The molecule has 4 unspecified atom stereocenters. The Kier molecular flexibility index (Phi) is 4.30. The highest BCUT2D eigenvalue weighted by Gasteiger charge is 2.35.